The summed E-state index contributed by atoms with van der Waals surface area (Å²) in [5.41, 5.74) is 0.426. The monoisotopic (exact) mass is 280 g/mol. The van der Waals surface area contributed by atoms with E-state index >= 15 is 0 Å². The van der Waals surface area contributed by atoms with E-state index in [1.54, 1.807) is 0 Å². The van der Waals surface area contributed by atoms with Crippen LogP contribution in [-0.4, -0.2) is 59.8 Å². The average molecular weight is 280 g/mol. The van der Waals surface area contributed by atoms with Crippen LogP contribution in [-0.2, 0) is 0 Å². The van der Waals surface area contributed by atoms with Crippen molar-refractivity contribution < 1.29 is 5.11 Å². The first-order valence-electron chi connectivity index (χ1n) is 8.68. The number of nitrogens with zero attached hydrogens (tertiary/aromatic N) is 2. The second-order valence-corrected chi connectivity index (χ2v) is 8.18. The van der Waals surface area contributed by atoms with E-state index in [9.17, 15) is 5.11 Å². The zero-order valence-corrected chi connectivity index (χ0v) is 13.4. The van der Waals surface area contributed by atoms with Gasteiger partial charge in [0.05, 0.1) is 6.10 Å². The summed E-state index contributed by atoms with van der Waals surface area (Å²) in [6, 6.07) is 0.797. The first-order valence-corrected chi connectivity index (χ1v) is 8.68. The van der Waals surface area contributed by atoms with E-state index in [0.717, 1.165) is 19.0 Å². The molecule has 0 aromatic carbocycles. The Labute approximate surface area is 124 Å². The molecule has 0 spiro atoms. The third kappa shape index (κ3) is 3.37. The van der Waals surface area contributed by atoms with E-state index in [-0.39, 0.29) is 6.10 Å². The summed E-state index contributed by atoms with van der Waals surface area (Å²) in [7, 11) is 0. The fraction of sp³-hybridized carbons (Fsp3) is 1.00. The topological polar surface area (TPSA) is 26.7 Å². The molecule has 116 valence electrons. The SMILES string of the molecule is CC1(C)CCC(O)C(CN2CCCN3CCCC3C2)C1. The fourth-order valence-electron chi connectivity index (χ4n) is 4.69. The highest BCUT2D eigenvalue weighted by molar-refractivity contribution is 4.89. The first-order chi connectivity index (χ1) is 9.53. The van der Waals surface area contributed by atoms with Gasteiger partial charge in [-0.25, -0.2) is 0 Å². The average Bonchev–Trinajstić information content (AvgIpc) is 2.73. The molecule has 1 aliphatic carbocycles. The van der Waals surface area contributed by atoms with Crippen molar-refractivity contribution in [3.05, 3.63) is 0 Å². The van der Waals surface area contributed by atoms with Crippen LogP contribution in [0.2, 0.25) is 0 Å². The van der Waals surface area contributed by atoms with Crippen molar-refractivity contribution in [1.82, 2.24) is 9.80 Å². The molecule has 3 aliphatic rings. The van der Waals surface area contributed by atoms with E-state index in [1.807, 2.05) is 0 Å². The van der Waals surface area contributed by atoms with Gasteiger partial charge >= 0.3 is 0 Å². The van der Waals surface area contributed by atoms with Gasteiger partial charge in [-0.1, -0.05) is 13.8 Å². The van der Waals surface area contributed by atoms with Crippen molar-refractivity contribution in [3.8, 4) is 0 Å². The second-order valence-electron chi connectivity index (χ2n) is 8.18. The standard InChI is InChI=1S/C17H32N2O/c1-17(2)7-6-16(20)14(11-17)12-18-8-4-10-19-9-3-5-15(19)13-18/h14-16,20H,3-13H2,1-2H3. The molecule has 3 fully saturated rings. The minimum Gasteiger partial charge on any atom is -0.393 e. The van der Waals surface area contributed by atoms with Gasteiger partial charge < -0.3 is 10.0 Å². The van der Waals surface area contributed by atoms with E-state index in [4.69, 9.17) is 0 Å². The molecule has 1 saturated carbocycles. The van der Waals surface area contributed by atoms with Crippen LogP contribution >= 0.6 is 0 Å². The van der Waals surface area contributed by atoms with Gasteiger partial charge in [0.25, 0.3) is 0 Å². The Morgan fingerprint density at radius 1 is 1.10 bits per heavy atom. The molecule has 0 aromatic rings. The van der Waals surface area contributed by atoms with Gasteiger partial charge in [-0.15, -0.1) is 0 Å². The molecule has 3 unspecified atom stereocenters. The van der Waals surface area contributed by atoms with Crippen molar-refractivity contribution in [2.75, 3.05) is 32.7 Å². The zero-order valence-electron chi connectivity index (χ0n) is 13.4. The molecule has 1 N–H and O–H groups in total. The number of aliphatic hydroxyl groups excluding tert-OH is 1. The Morgan fingerprint density at radius 3 is 2.75 bits per heavy atom. The highest BCUT2D eigenvalue weighted by Gasteiger charge is 2.36. The maximum absolute atomic E-state index is 10.4. The van der Waals surface area contributed by atoms with Gasteiger partial charge in [-0.2, -0.15) is 0 Å². The largest absolute Gasteiger partial charge is 0.393 e. The molecule has 0 bridgehead atoms. The van der Waals surface area contributed by atoms with Crippen molar-refractivity contribution in [1.29, 1.82) is 0 Å². The lowest BCUT2D eigenvalue weighted by Gasteiger charge is -2.41. The minimum atomic E-state index is -0.0639. The van der Waals surface area contributed by atoms with Crippen molar-refractivity contribution in [3.63, 3.8) is 0 Å². The lowest BCUT2D eigenvalue weighted by molar-refractivity contribution is 0.00346. The number of rotatable bonds is 2. The molecule has 0 radical (unpaired) electrons. The van der Waals surface area contributed by atoms with Crippen LogP contribution < -0.4 is 0 Å². The first kappa shape index (κ1) is 14.8. The van der Waals surface area contributed by atoms with E-state index in [1.165, 1.54) is 58.3 Å². The van der Waals surface area contributed by atoms with Crippen LogP contribution in [0.25, 0.3) is 0 Å². The van der Waals surface area contributed by atoms with Crippen LogP contribution in [0.1, 0.15) is 52.4 Å². The van der Waals surface area contributed by atoms with E-state index < -0.39 is 0 Å². The Kier molecular flexibility index (Phi) is 4.40. The van der Waals surface area contributed by atoms with Gasteiger partial charge in [0.2, 0.25) is 0 Å². The van der Waals surface area contributed by atoms with Crippen LogP contribution in [0.15, 0.2) is 0 Å². The molecular weight excluding hydrogens is 248 g/mol. The van der Waals surface area contributed by atoms with Crippen LogP contribution in [0.5, 0.6) is 0 Å². The fourth-order valence-corrected chi connectivity index (χ4v) is 4.69. The van der Waals surface area contributed by atoms with Crippen molar-refractivity contribution in [2.45, 2.75) is 64.5 Å². The zero-order chi connectivity index (χ0) is 14.2. The van der Waals surface area contributed by atoms with Crippen LogP contribution in [0, 0.1) is 11.3 Å². The number of aliphatic hydroxyl groups is 1. The Bertz CT molecular complexity index is 331. The van der Waals surface area contributed by atoms with Crippen LogP contribution in [0.3, 0.4) is 0 Å². The van der Waals surface area contributed by atoms with Gasteiger partial charge in [0, 0.05) is 19.1 Å². The lowest BCUT2D eigenvalue weighted by atomic mass is 9.70. The molecular formula is C17H32N2O. The molecule has 20 heavy (non-hydrogen) atoms. The lowest BCUT2D eigenvalue weighted by Crippen LogP contribution is -2.44. The van der Waals surface area contributed by atoms with Gasteiger partial charge in [-0.05, 0) is 69.5 Å². The molecule has 0 amide bonds. The third-order valence-corrected chi connectivity index (χ3v) is 5.86. The molecule has 2 heterocycles. The maximum atomic E-state index is 10.4. The summed E-state index contributed by atoms with van der Waals surface area (Å²) in [5.74, 6) is 0.492. The van der Waals surface area contributed by atoms with Gasteiger partial charge in [-0.3, -0.25) is 4.90 Å². The third-order valence-electron chi connectivity index (χ3n) is 5.86. The normalized spacial score (nSPS) is 39.5. The number of fused-ring (bicyclic) bond motifs is 1. The van der Waals surface area contributed by atoms with Gasteiger partial charge in [0.1, 0.15) is 0 Å². The molecule has 0 aromatic heterocycles. The highest BCUT2D eigenvalue weighted by atomic mass is 16.3. The Balaban J connectivity index is 1.58. The predicted molar refractivity (Wildman–Crippen MR) is 82.8 cm³/mol. The second kappa shape index (κ2) is 5.94. The maximum Gasteiger partial charge on any atom is 0.0581 e. The Morgan fingerprint density at radius 2 is 1.90 bits per heavy atom. The molecule has 2 saturated heterocycles. The molecule has 3 nitrogen and oxygen atoms in total. The van der Waals surface area contributed by atoms with E-state index in [2.05, 4.69) is 23.6 Å². The molecule has 3 atom stereocenters. The molecule has 3 heteroatoms. The number of hydrogen-bond acceptors (Lipinski definition) is 3. The number of hydrogen-bond donors (Lipinski definition) is 1. The van der Waals surface area contributed by atoms with Gasteiger partial charge in [0.15, 0.2) is 0 Å². The highest BCUT2D eigenvalue weighted by Crippen LogP contribution is 2.39. The summed E-state index contributed by atoms with van der Waals surface area (Å²) in [6.45, 7) is 10.9. The summed E-state index contributed by atoms with van der Waals surface area (Å²) in [6.07, 6.45) is 7.39. The summed E-state index contributed by atoms with van der Waals surface area (Å²) in [4.78, 5) is 5.35. The summed E-state index contributed by atoms with van der Waals surface area (Å²) < 4.78 is 0. The summed E-state index contributed by atoms with van der Waals surface area (Å²) >= 11 is 0. The van der Waals surface area contributed by atoms with E-state index in [0.29, 0.717) is 11.3 Å². The van der Waals surface area contributed by atoms with Crippen molar-refractivity contribution >= 4 is 0 Å². The quantitative estimate of drug-likeness (QED) is 0.841. The Hall–Kier alpha value is -0.120. The smallest absolute Gasteiger partial charge is 0.0581 e. The minimum absolute atomic E-state index is 0.0639. The van der Waals surface area contributed by atoms with Crippen LogP contribution in [0.4, 0.5) is 0 Å². The molecule has 3 rings (SSSR count). The molecule has 2 aliphatic heterocycles. The predicted octanol–water partition coefficient (Wildman–Crippen LogP) is 2.34. The van der Waals surface area contributed by atoms with Crippen molar-refractivity contribution in [2.24, 2.45) is 11.3 Å². The summed E-state index contributed by atoms with van der Waals surface area (Å²) in [5, 5.41) is 10.4.